The van der Waals surface area contributed by atoms with Crippen molar-refractivity contribution in [3.63, 3.8) is 0 Å². The molecule has 30 heavy (non-hydrogen) atoms. The van der Waals surface area contributed by atoms with E-state index in [2.05, 4.69) is 34.5 Å². The van der Waals surface area contributed by atoms with E-state index in [0.717, 1.165) is 51.3 Å². The maximum atomic E-state index is 12.7. The molecule has 0 bridgehead atoms. The van der Waals surface area contributed by atoms with E-state index in [4.69, 9.17) is 9.15 Å². The van der Waals surface area contributed by atoms with Crippen molar-refractivity contribution in [1.82, 2.24) is 15.1 Å². The first-order chi connectivity index (χ1) is 14.7. The van der Waals surface area contributed by atoms with Crippen LogP contribution < -0.4 is 5.32 Å². The summed E-state index contributed by atoms with van der Waals surface area (Å²) in [6.07, 6.45) is 3.11. The lowest BCUT2D eigenvalue weighted by molar-refractivity contribution is -0.126. The van der Waals surface area contributed by atoms with E-state index < -0.39 is 0 Å². The van der Waals surface area contributed by atoms with Crippen molar-refractivity contribution >= 4 is 11.8 Å². The second-order valence-corrected chi connectivity index (χ2v) is 7.99. The molecule has 1 aromatic heterocycles. The van der Waals surface area contributed by atoms with Crippen molar-refractivity contribution in [2.45, 2.75) is 25.9 Å². The number of piperidine rings is 1. The average Bonchev–Trinajstić information content (AvgIpc) is 3.34. The van der Waals surface area contributed by atoms with Crippen LogP contribution in [0.25, 0.3) is 0 Å². The van der Waals surface area contributed by atoms with E-state index >= 15 is 0 Å². The van der Waals surface area contributed by atoms with Gasteiger partial charge in [-0.2, -0.15) is 0 Å². The lowest BCUT2D eigenvalue weighted by atomic mass is 9.96. The Labute approximate surface area is 177 Å². The first-order valence-electron chi connectivity index (χ1n) is 10.7. The lowest BCUT2D eigenvalue weighted by Gasteiger charge is -2.31. The van der Waals surface area contributed by atoms with Gasteiger partial charge in [0.1, 0.15) is 0 Å². The van der Waals surface area contributed by atoms with Gasteiger partial charge in [0.25, 0.3) is 5.91 Å². The standard InChI is InChI=1S/C23H29N3O4/c27-22(20-3-1-9-26(17-20)23(28)21-4-2-12-30-21)24-15-18-5-7-19(8-6-18)16-25-10-13-29-14-11-25/h2,4-8,12,20H,1,3,9-11,13-17H2,(H,24,27)/t20-/m1/s1. The molecule has 160 valence electrons. The van der Waals surface area contributed by atoms with E-state index in [0.29, 0.717) is 25.4 Å². The van der Waals surface area contributed by atoms with Gasteiger partial charge in [-0.3, -0.25) is 14.5 Å². The Morgan fingerprint density at radius 2 is 1.80 bits per heavy atom. The molecule has 2 aromatic rings. The van der Waals surface area contributed by atoms with E-state index in [1.807, 2.05) is 0 Å². The molecule has 0 spiro atoms. The molecule has 0 aliphatic carbocycles. The number of benzene rings is 1. The van der Waals surface area contributed by atoms with Crippen LogP contribution in [0.3, 0.4) is 0 Å². The Bertz CT molecular complexity index is 829. The Balaban J connectivity index is 1.25. The second-order valence-electron chi connectivity index (χ2n) is 7.99. The number of carbonyl (C=O) groups is 2. The molecule has 3 heterocycles. The van der Waals surface area contributed by atoms with E-state index in [1.165, 1.54) is 11.8 Å². The third-order valence-corrected chi connectivity index (χ3v) is 5.81. The van der Waals surface area contributed by atoms with Crippen molar-refractivity contribution in [2.75, 3.05) is 39.4 Å². The molecular formula is C23H29N3O4. The van der Waals surface area contributed by atoms with Crippen molar-refractivity contribution < 1.29 is 18.7 Å². The third-order valence-electron chi connectivity index (χ3n) is 5.81. The highest BCUT2D eigenvalue weighted by Crippen LogP contribution is 2.19. The molecule has 1 N–H and O–H groups in total. The van der Waals surface area contributed by atoms with Crippen LogP contribution in [0.2, 0.25) is 0 Å². The molecule has 1 atom stereocenters. The number of nitrogens with one attached hydrogen (secondary N) is 1. The van der Waals surface area contributed by atoms with Crippen LogP contribution in [0.1, 0.15) is 34.5 Å². The molecule has 7 nitrogen and oxygen atoms in total. The van der Waals surface area contributed by atoms with Gasteiger partial charge in [0.2, 0.25) is 5.91 Å². The molecule has 0 unspecified atom stereocenters. The number of rotatable bonds is 6. The predicted molar refractivity (Wildman–Crippen MR) is 112 cm³/mol. The van der Waals surface area contributed by atoms with Crippen LogP contribution in [-0.4, -0.2) is 61.0 Å². The quantitative estimate of drug-likeness (QED) is 0.789. The fraction of sp³-hybridized carbons (Fsp3) is 0.478. The summed E-state index contributed by atoms with van der Waals surface area (Å²) < 4.78 is 10.6. The molecule has 0 radical (unpaired) electrons. The van der Waals surface area contributed by atoms with Crippen molar-refractivity contribution in [1.29, 1.82) is 0 Å². The summed E-state index contributed by atoms with van der Waals surface area (Å²) in [4.78, 5) is 29.2. The number of nitrogens with zero attached hydrogens (tertiary/aromatic N) is 2. The number of ether oxygens (including phenoxy) is 1. The second kappa shape index (κ2) is 9.91. The minimum Gasteiger partial charge on any atom is -0.459 e. The van der Waals surface area contributed by atoms with Crippen LogP contribution >= 0.6 is 0 Å². The lowest BCUT2D eigenvalue weighted by Crippen LogP contribution is -2.45. The molecule has 4 rings (SSSR count). The number of carbonyl (C=O) groups excluding carboxylic acids is 2. The summed E-state index contributed by atoms with van der Waals surface area (Å²) >= 11 is 0. The van der Waals surface area contributed by atoms with Gasteiger partial charge >= 0.3 is 0 Å². The average molecular weight is 412 g/mol. The summed E-state index contributed by atoms with van der Waals surface area (Å²) in [7, 11) is 0. The Kier molecular flexibility index (Phi) is 6.81. The molecule has 2 amide bonds. The van der Waals surface area contributed by atoms with Gasteiger partial charge in [0.15, 0.2) is 5.76 Å². The minimum absolute atomic E-state index is 0.00402. The number of amides is 2. The number of hydrogen-bond donors (Lipinski definition) is 1. The van der Waals surface area contributed by atoms with Crippen LogP contribution in [-0.2, 0) is 22.6 Å². The number of furan rings is 1. The summed E-state index contributed by atoms with van der Waals surface area (Å²) in [5.41, 5.74) is 2.35. The highest BCUT2D eigenvalue weighted by molar-refractivity contribution is 5.92. The van der Waals surface area contributed by atoms with Crippen LogP contribution in [0.15, 0.2) is 47.1 Å². The minimum atomic E-state index is -0.182. The zero-order valence-electron chi connectivity index (χ0n) is 17.2. The molecule has 2 saturated heterocycles. The maximum Gasteiger partial charge on any atom is 0.289 e. The van der Waals surface area contributed by atoms with Crippen molar-refractivity contribution in [2.24, 2.45) is 5.92 Å². The van der Waals surface area contributed by atoms with Gasteiger partial charge in [-0.25, -0.2) is 0 Å². The number of likely N-dealkylation sites (tertiary alicyclic amines) is 1. The molecule has 1 aromatic carbocycles. The molecule has 2 fully saturated rings. The van der Waals surface area contributed by atoms with Crippen LogP contribution in [0.4, 0.5) is 0 Å². The summed E-state index contributed by atoms with van der Waals surface area (Å²) in [6, 6.07) is 11.8. The molecular weight excluding hydrogens is 382 g/mol. The largest absolute Gasteiger partial charge is 0.459 e. The zero-order chi connectivity index (χ0) is 20.8. The van der Waals surface area contributed by atoms with Gasteiger partial charge < -0.3 is 19.4 Å². The van der Waals surface area contributed by atoms with Gasteiger partial charge in [-0.05, 0) is 36.1 Å². The van der Waals surface area contributed by atoms with E-state index in [-0.39, 0.29) is 17.7 Å². The molecule has 7 heteroatoms. The van der Waals surface area contributed by atoms with Crippen molar-refractivity contribution in [3.8, 4) is 0 Å². The molecule has 2 aliphatic rings. The predicted octanol–water partition coefficient (Wildman–Crippen LogP) is 2.28. The Morgan fingerprint density at radius 1 is 1.03 bits per heavy atom. The zero-order valence-corrected chi connectivity index (χ0v) is 17.2. The number of hydrogen-bond acceptors (Lipinski definition) is 5. The van der Waals surface area contributed by atoms with Gasteiger partial charge in [0.05, 0.1) is 25.4 Å². The summed E-state index contributed by atoms with van der Waals surface area (Å²) in [6.45, 7) is 6.07. The smallest absolute Gasteiger partial charge is 0.289 e. The topological polar surface area (TPSA) is 75.0 Å². The fourth-order valence-electron chi connectivity index (χ4n) is 4.05. The van der Waals surface area contributed by atoms with E-state index in [9.17, 15) is 9.59 Å². The highest BCUT2D eigenvalue weighted by atomic mass is 16.5. The summed E-state index contributed by atoms with van der Waals surface area (Å²) in [5.74, 6) is 0.00387. The van der Waals surface area contributed by atoms with Gasteiger partial charge in [-0.1, -0.05) is 24.3 Å². The first kappa shape index (κ1) is 20.6. The maximum absolute atomic E-state index is 12.7. The van der Waals surface area contributed by atoms with Gasteiger partial charge in [0, 0.05) is 39.3 Å². The normalized spacial score (nSPS) is 20.1. The SMILES string of the molecule is O=C(NCc1ccc(CN2CCOCC2)cc1)[C@@H]1CCCN(C(=O)c2ccco2)C1. The van der Waals surface area contributed by atoms with Crippen LogP contribution in [0, 0.1) is 5.92 Å². The Hall–Kier alpha value is -2.64. The monoisotopic (exact) mass is 411 g/mol. The highest BCUT2D eigenvalue weighted by Gasteiger charge is 2.29. The summed E-state index contributed by atoms with van der Waals surface area (Å²) in [5, 5.41) is 3.04. The third kappa shape index (κ3) is 5.29. The molecule has 0 saturated carbocycles. The van der Waals surface area contributed by atoms with Gasteiger partial charge in [-0.15, -0.1) is 0 Å². The fourth-order valence-corrected chi connectivity index (χ4v) is 4.05. The number of morpholine rings is 1. The molecule has 2 aliphatic heterocycles. The van der Waals surface area contributed by atoms with Crippen molar-refractivity contribution in [3.05, 3.63) is 59.5 Å². The van der Waals surface area contributed by atoms with Crippen LogP contribution in [0.5, 0.6) is 0 Å². The first-order valence-corrected chi connectivity index (χ1v) is 10.7. The van der Waals surface area contributed by atoms with E-state index in [1.54, 1.807) is 17.0 Å². The Morgan fingerprint density at radius 3 is 2.53 bits per heavy atom.